The van der Waals surface area contributed by atoms with Gasteiger partial charge in [-0.1, -0.05) is 65.0 Å². The normalized spacial score (nSPS) is 11.8. The number of benzene rings is 2. The number of hydrogen-bond donors (Lipinski definition) is 1. The molecule has 1 N–H and O–H groups in total. The van der Waals surface area contributed by atoms with Crippen LogP contribution in [-0.4, -0.2) is 28.6 Å². The number of carbonyl (C=O) groups excluding carboxylic acids is 1. The highest BCUT2D eigenvalue weighted by Crippen LogP contribution is 2.26. The van der Waals surface area contributed by atoms with Crippen molar-refractivity contribution < 1.29 is 9.53 Å². The van der Waals surface area contributed by atoms with Gasteiger partial charge in [-0.05, 0) is 48.9 Å². The highest BCUT2D eigenvalue weighted by molar-refractivity contribution is 5.81. The lowest BCUT2D eigenvalue weighted by molar-refractivity contribution is -0.128. The molecule has 0 unspecified atom stereocenters. The first-order valence-electron chi connectivity index (χ1n) is 12.2. The highest BCUT2D eigenvalue weighted by atomic mass is 16.5. The van der Waals surface area contributed by atoms with Gasteiger partial charge in [-0.15, -0.1) is 0 Å². The van der Waals surface area contributed by atoms with Gasteiger partial charge in [0.2, 0.25) is 5.91 Å². The minimum Gasteiger partial charge on any atom is -0.493 e. The average molecular weight is 450 g/mol. The smallest absolute Gasteiger partial charge is 0.225 e. The fourth-order valence-corrected chi connectivity index (χ4v) is 3.92. The SMILES string of the molecule is CC(C)c1ccccc1OCCCCn1c(CCCNC(=O)C(C)(C)C)nc2ccccc21. The van der Waals surface area contributed by atoms with Crippen LogP contribution in [0.2, 0.25) is 0 Å². The fourth-order valence-electron chi connectivity index (χ4n) is 3.92. The summed E-state index contributed by atoms with van der Waals surface area (Å²) in [6.07, 6.45) is 3.73. The maximum atomic E-state index is 12.1. The predicted molar refractivity (Wildman–Crippen MR) is 136 cm³/mol. The molecule has 0 radical (unpaired) electrons. The van der Waals surface area contributed by atoms with Crippen LogP contribution in [0.3, 0.4) is 0 Å². The van der Waals surface area contributed by atoms with E-state index in [9.17, 15) is 4.79 Å². The summed E-state index contributed by atoms with van der Waals surface area (Å²) >= 11 is 0. The molecule has 3 rings (SSSR count). The van der Waals surface area contributed by atoms with Gasteiger partial charge in [0.15, 0.2) is 0 Å². The van der Waals surface area contributed by atoms with Crippen LogP contribution >= 0.6 is 0 Å². The Bertz CT molecular complexity index is 1050. The molecule has 33 heavy (non-hydrogen) atoms. The van der Waals surface area contributed by atoms with Crippen molar-refractivity contribution in [1.82, 2.24) is 14.9 Å². The molecular weight excluding hydrogens is 410 g/mol. The molecule has 0 bridgehead atoms. The van der Waals surface area contributed by atoms with E-state index >= 15 is 0 Å². The Morgan fingerprint density at radius 1 is 1.03 bits per heavy atom. The van der Waals surface area contributed by atoms with E-state index in [2.05, 4.69) is 60.1 Å². The maximum absolute atomic E-state index is 12.1. The summed E-state index contributed by atoms with van der Waals surface area (Å²) in [7, 11) is 0. The van der Waals surface area contributed by atoms with Gasteiger partial charge >= 0.3 is 0 Å². The third-order valence-corrected chi connectivity index (χ3v) is 5.85. The number of nitrogens with zero attached hydrogens (tertiary/aromatic N) is 2. The second-order valence-electron chi connectivity index (χ2n) is 10.0. The average Bonchev–Trinajstić information content (AvgIpc) is 3.13. The molecule has 3 aromatic rings. The third kappa shape index (κ3) is 6.83. The molecule has 5 nitrogen and oxygen atoms in total. The fraction of sp³-hybridized carbons (Fsp3) is 0.500. The van der Waals surface area contributed by atoms with Crippen molar-refractivity contribution in [3.05, 3.63) is 59.9 Å². The third-order valence-electron chi connectivity index (χ3n) is 5.85. The highest BCUT2D eigenvalue weighted by Gasteiger charge is 2.20. The van der Waals surface area contributed by atoms with Crippen molar-refractivity contribution in [2.75, 3.05) is 13.2 Å². The minimum absolute atomic E-state index is 0.0926. The topological polar surface area (TPSA) is 56.1 Å². The molecule has 0 atom stereocenters. The first-order chi connectivity index (χ1) is 15.8. The Morgan fingerprint density at radius 3 is 2.52 bits per heavy atom. The molecule has 5 heteroatoms. The van der Waals surface area contributed by atoms with Gasteiger partial charge in [0.1, 0.15) is 11.6 Å². The molecule has 2 aromatic carbocycles. The number of unbranched alkanes of at least 4 members (excludes halogenated alkanes) is 1. The van der Waals surface area contributed by atoms with Crippen LogP contribution in [0.5, 0.6) is 5.75 Å². The number of carbonyl (C=O) groups is 1. The van der Waals surface area contributed by atoms with Crippen molar-refractivity contribution in [3.8, 4) is 5.75 Å². The number of aromatic nitrogens is 2. The van der Waals surface area contributed by atoms with Gasteiger partial charge in [0.05, 0.1) is 17.6 Å². The zero-order chi connectivity index (χ0) is 23.8. The number of para-hydroxylation sites is 3. The Labute approximate surface area is 198 Å². The van der Waals surface area contributed by atoms with E-state index < -0.39 is 0 Å². The summed E-state index contributed by atoms with van der Waals surface area (Å²) in [5, 5.41) is 3.04. The molecule has 0 fully saturated rings. The molecule has 0 saturated heterocycles. The second-order valence-corrected chi connectivity index (χ2v) is 10.0. The number of imidazole rings is 1. The lowest BCUT2D eigenvalue weighted by Crippen LogP contribution is -2.35. The van der Waals surface area contributed by atoms with Gasteiger partial charge < -0.3 is 14.6 Å². The van der Waals surface area contributed by atoms with E-state index in [1.54, 1.807) is 0 Å². The van der Waals surface area contributed by atoms with Crippen molar-refractivity contribution in [2.45, 2.75) is 72.8 Å². The summed E-state index contributed by atoms with van der Waals surface area (Å²) in [4.78, 5) is 17.0. The van der Waals surface area contributed by atoms with E-state index in [-0.39, 0.29) is 11.3 Å². The zero-order valence-corrected chi connectivity index (χ0v) is 20.9. The van der Waals surface area contributed by atoms with Crippen molar-refractivity contribution in [3.63, 3.8) is 0 Å². The molecule has 0 saturated carbocycles. The lowest BCUT2D eigenvalue weighted by atomic mass is 9.96. The molecule has 0 spiro atoms. The molecule has 1 aromatic heterocycles. The number of ether oxygens (including phenoxy) is 1. The summed E-state index contributed by atoms with van der Waals surface area (Å²) in [5.74, 6) is 2.63. The first kappa shape index (κ1) is 24.8. The molecular formula is C28H39N3O2. The summed E-state index contributed by atoms with van der Waals surface area (Å²) in [5.41, 5.74) is 3.12. The predicted octanol–water partition coefficient (Wildman–Crippen LogP) is 6.11. The van der Waals surface area contributed by atoms with Gasteiger partial charge in [-0.3, -0.25) is 4.79 Å². The van der Waals surface area contributed by atoms with Gasteiger partial charge in [-0.2, -0.15) is 0 Å². The van der Waals surface area contributed by atoms with Crippen molar-refractivity contribution in [2.24, 2.45) is 5.41 Å². The Hall–Kier alpha value is -2.82. The minimum atomic E-state index is -0.356. The number of nitrogens with one attached hydrogen (secondary N) is 1. The number of rotatable bonds is 11. The second kappa shape index (κ2) is 11.4. The Balaban J connectivity index is 1.54. The van der Waals surface area contributed by atoms with E-state index in [4.69, 9.17) is 9.72 Å². The van der Waals surface area contributed by atoms with Crippen molar-refractivity contribution >= 4 is 16.9 Å². The van der Waals surface area contributed by atoms with E-state index in [1.807, 2.05) is 32.9 Å². The van der Waals surface area contributed by atoms with Gasteiger partial charge in [0.25, 0.3) is 0 Å². The molecule has 0 aliphatic carbocycles. The van der Waals surface area contributed by atoms with Crippen LogP contribution in [0.1, 0.15) is 71.2 Å². The van der Waals surface area contributed by atoms with Crippen molar-refractivity contribution in [1.29, 1.82) is 0 Å². The van der Waals surface area contributed by atoms with Crippen LogP contribution in [0, 0.1) is 5.41 Å². The lowest BCUT2D eigenvalue weighted by Gasteiger charge is -2.17. The molecule has 0 aliphatic rings. The van der Waals surface area contributed by atoms with Gasteiger partial charge in [0, 0.05) is 24.9 Å². The monoisotopic (exact) mass is 449 g/mol. The van der Waals surface area contributed by atoms with Gasteiger partial charge in [-0.25, -0.2) is 4.98 Å². The zero-order valence-electron chi connectivity index (χ0n) is 20.9. The van der Waals surface area contributed by atoms with Crippen LogP contribution in [0.25, 0.3) is 11.0 Å². The van der Waals surface area contributed by atoms with E-state index in [1.165, 1.54) is 11.1 Å². The number of hydrogen-bond acceptors (Lipinski definition) is 3. The maximum Gasteiger partial charge on any atom is 0.225 e. The first-order valence-corrected chi connectivity index (χ1v) is 12.2. The van der Waals surface area contributed by atoms with Crippen LogP contribution in [-0.2, 0) is 17.8 Å². The standard InChI is InChI=1S/C28H39N3O2/c1-21(2)22-13-6-9-16-25(22)33-20-11-10-19-31-24-15-8-7-14-23(24)30-26(31)17-12-18-29-27(32)28(3,4)5/h6-9,13-16,21H,10-12,17-20H2,1-5H3,(H,29,32). The number of amides is 1. The molecule has 1 amide bonds. The summed E-state index contributed by atoms with van der Waals surface area (Å²) < 4.78 is 8.44. The van der Waals surface area contributed by atoms with E-state index in [0.717, 1.165) is 49.3 Å². The number of fused-ring (bicyclic) bond motifs is 1. The van der Waals surface area contributed by atoms with E-state index in [0.29, 0.717) is 19.1 Å². The largest absolute Gasteiger partial charge is 0.493 e. The molecule has 1 heterocycles. The van der Waals surface area contributed by atoms with Crippen LogP contribution in [0.4, 0.5) is 0 Å². The molecule has 178 valence electrons. The summed E-state index contributed by atoms with van der Waals surface area (Å²) in [6.45, 7) is 12.5. The van der Waals surface area contributed by atoms with Crippen LogP contribution < -0.4 is 10.1 Å². The Kier molecular flexibility index (Phi) is 8.54. The number of aryl methyl sites for hydroxylation is 2. The Morgan fingerprint density at radius 2 is 1.76 bits per heavy atom. The van der Waals surface area contributed by atoms with Crippen LogP contribution in [0.15, 0.2) is 48.5 Å². The molecule has 0 aliphatic heterocycles. The quantitative estimate of drug-likeness (QED) is 0.359. The summed E-state index contributed by atoms with van der Waals surface area (Å²) in [6, 6.07) is 16.6.